The number of rotatable bonds is 8. The fourth-order valence-corrected chi connectivity index (χ4v) is 2.71. The molecule has 0 atom stereocenters. The lowest BCUT2D eigenvalue weighted by Gasteiger charge is -2.30. The molecule has 0 saturated heterocycles. The van der Waals surface area contributed by atoms with Crippen molar-refractivity contribution in [3.63, 3.8) is 0 Å². The fraction of sp³-hybridized carbons (Fsp3) is 0.667. The zero-order valence-electron chi connectivity index (χ0n) is 13.9. The summed E-state index contributed by atoms with van der Waals surface area (Å²) in [6.07, 6.45) is 4.54. The summed E-state index contributed by atoms with van der Waals surface area (Å²) < 4.78 is 5.96. The van der Waals surface area contributed by atoms with Crippen molar-refractivity contribution in [1.29, 1.82) is 0 Å². The van der Waals surface area contributed by atoms with Crippen molar-refractivity contribution in [2.24, 2.45) is 11.1 Å². The second-order valence-corrected chi connectivity index (χ2v) is 6.07. The molecule has 0 aromatic heterocycles. The first-order valence-electron chi connectivity index (χ1n) is 7.88. The van der Waals surface area contributed by atoms with E-state index < -0.39 is 0 Å². The zero-order chi connectivity index (χ0) is 15.2. The van der Waals surface area contributed by atoms with Gasteiger partial charge in [-0.05, 0) is 81.2 Å². The first-order valence-corrected chi connectivity index (χ1v) is 7.88. The monoisotopic (exact) mass is 277 g/mol. The van der Waals surface area contributed by atoms with Gasteiger partial charge in [0, 0.05) is 0 Å². The predicted molar refractivity (Wildman–Crippen MR) is 87.5 cm³/mol. The van der Waals surface area contributed by atoms with Gasteiger partial charge in [-0.1, -0.05) is 19.9 Å². The number of benzene rings is 1. The summed E-state index contributed by atoms with van der Waals surface area (Å²) in [5, 5.41) is 0. The van der Waals surface area contributed by atoms with Gasteiger partial charge >= 0.3 is 0 Å². The smallest absolute Gasteiger partial charge is 0.122 e. The van der Waals surface area contributed by atoms with Gasteiger partial charge in [-0.25, -0.2) is 0 Å². The molecule has 20 heavy (non-hydrogen) atoms. The van der Waals surface area contributed by atoms with E-state index >= 15 is 0 Å². The van der Waals surface area contributed by atoms with Crippen LogP contribution < -0.4 is 10.5 Å². The molecule has 0 aliphatic heterocycles. The molecule has 0 spiro atoms. The van der Waals surface area contributed by atoms with Crippen LogP contribution in [0.5, 0.6) is 5.75 Å². The van der Waals surface area contributed by atoms with E-state index in [1.54, 1.807) is 0 Å². The standard InChI is InChI=1S/C18H31NO/c1-6-18(7-2,13-19)9-8-10-20-17-12-15(4)14(3)11-16(17)5/h11-12H,6-10,13,19H2,1-5H3. The van der Waals surface area contributed by atoms with Gasteiger partial charge in [-0.15, -0.1) is 0 Å². The molecule has 0 fully saturated rings. The third kappa shape index (κ3) is 4.24. The molecular weight excluding hydrogens is 246 g/mol. The molecule has 0 unspecified atom stereocenters. The van der Waals surface area contributed by atoms with E-state index in [4.69, 9.17) is 10.5 Å². The van der Waals surface area contributed by atoms with E-state index in [9.17, 15) is 0 Å². The highest BCUT2D eigenvalue weighted by Gasteiger charge is 2.23. The van der Waals surface area contributed by atoms with Crippen LogP contribution in [-0.4, -0.2) is 13.2 Å². The van der Waals surface area contributed by atoms with E-state index in [1.165, 1.54) is 16.7 Å². The molecule has 0 radical (unpaired) electrons. The Morgan fingerprint density at radius 1 is 1.00 bits per heavy atom. The summed E-state index contributed by atoms with van der Waals surface area (Å²) in [6, 6.07) is 4.35. The van der Waals surface area contributed by atoms with Crippen molar-refractivity contribution < 1.29 is 4.74 Å². The van der Waals surface area contributed by atoms with Crippen LogP contribution in [0.3, 0.4) is 0 Å². The summed E-state index contributed by atoms with van der Waals surface area (Å²) in [5.74, 6) is 1.03. The SMILES string of the molecule is CCC(CC)(CN)CCCOc1cc(C)c(C)cc1C. The van der Waals surface area contributed by atoms with Crippen molar-refractivity contribution in [2.45, 2.75) is 60.3 Å². The van der Waals surface area contributed by atoms with Gasteiger partial charge in [0.25, 0.3) is 0 Å². The van der Waals surface area contributed by atoms with Gasteiger partial charge in [0.1, 0.15) is 5.75 Å². The Morgan fingerprint density at radius 2 is 1.60 bits per heavy atom. The lowest BCUT2D eigenvalue weighted by Crippen LogP contribution is -2.29. The average Bonchev–Trinajstić information content (AvgIpc) is 2.45. The molecule has 1 rings (SSSR count). The summed E-state index contributed by atoms with van der Waals surface area (Å²) >= 11 is 0. The predicted octanol–water partition coefficient (Wildman–Crippen LogP) is 4.54. The highest BCUT2D eigenvalue weighted by molar-refractivity contribution is 5.40. The number of hydrogen-bond acceptors (Lipinski definition) is 2. The van der Waals surface area contributed by atoms with E-state index in [-0.39, 0.29) is 0 Å². The molecule has 0 aliphatic carbocycles. The van der Waals surface area contributed by atoms with Crippen LogP contribution in [0.4, 0.5) is 0 Å². The van der Waals surface area contributed by atoms with Crippen LogP contribution in [0.15, 0.2) is 12.1 Å². The number of hydrogen-bond donors (Lipinski definition) is 1. The summed E-state index contributed by atoms with van der Waals surface area (Å²) in [4.78, 5) is 0. The Kier molecular flexibility index (Phi) is 6.54. The zero-order valence-corrected chi connectivity index (χ0v) is 13.9. The van der Waals surface area contributed by atoms with Gasteiger partial charge in [0.2, 0.25) is 0 Å². The van der Waals surface area contributed by atoms with Crippen LogP contribution in [0, 0.1) is 26.2 Å². The third-order valence-electron chi connectivity index (χ3n) is 4.83. The highest BCUT2D eigenvalue weighted by atomic mass is 16.5. The van der Waals surface area contributed by atoms with Crippen molar-refractivity contribution in [3.8, 4) is 5.75 Å². The van der Waals surface area contributed by atoms with E-state index in [0.29, 0.717) is 5.41 Å². The molecule has 2 N–H and O–H groups in total. The Balaban J connectivity index is 2.51. The normalized spacial score (nSPS) is 11.7. The summed E-state index contributed by atoms with van der Waals surface area (Å²) in [7, 11) is 0. The molecule has 2 nitrogen and oxygen atoms in total. The van der Waals surface area contributed by atoms with Crippen LogP contribution >= 0.6 is 0 Å². The molecule has 114 valence electrons. The van der Waals surface area contributed by atoms with Crippen molar-refractivity contribution in [2.75, 3.05) is 13.2 Å². The van der Waals surface area contributed by atoms with Gasteiger partial charge in [-0.2, -0.15) is 0 Å². The first-order chi connectivity index (χ1) is 9.48. The number of nitrogens with two attached hydrogens (primary N) is 1. The van der Waals surface area contributed by atoms with Gasteiger partial charge in [-0.3, -0.25) is 0 Å². The van der Waals surface area contributed by atoms with E-state index in [0.717, 1.165) is 44.6 Å². The van der Waals surface area contributed by atoms with Crippen molar-refractivity contribution in [3.05, 3.63) is 28.8 Å². The average molecular weight is 277 g/mol. The fourth-order valence-electron chi connectivity index (χ4n) is 2.71. The molecule has 1 aromatic rings. The van der Waals surface area contributed by atoms with Crippen LogP contribution in [-0.2, 0) is 0 Å². The van der Waals surface area contributed by atoms with E-state index in [2.05, 4.69) is 46.8 Å². The maximum atomic E-state index is 5.96. The molecule has 0 heterocycles. The minimum atomic E-state index is 0.307. The maximum Gasteiger partial charge on any atom is 0.122 e. The molecule has 0 saturated carbocycles. The Hall–Kier alpha value is -1.02. The summed E-state index contributed by atoms with van der Waals surface area (Å²) in [6.45, 7) is 12.4. The Bertz CT molecular complexity index is 413. The largest absolute Gasteiger partial charge is 0.493 e. The molecule has 2 heteroatoms. The lowest BCUT2D eigenvalue weighted by molar-refractivity contribution is 0.213. The first kappa shape index (κ1) is 17.0. The van der Waals surface area contributed by atoms with Crippen LogP contribution in [0.2, 0.25) is 0 Å². The quantitative estimate of drug-likeness (QED) is 0.708. The third-order valence-corrected chi connectivity index (χ3v) is 4.83. The summed E-state index contributed by atoms with van der Waals surface area (Å²) in [5.41, 5.74) is 10.1. The van der Waals surface area contributed by atoms with Gasteiger partial charge < -0.3 is 10.5 Å². The second kappa shape index (κ2) is 7.68. The van der Waals surface area contributed by atoms with E-state index in [1.807, 2.05) is 0 Å². The maximum absolute atomic E-state index is 5.96. The molecule has 0 amide bonds. The number of aryl methyl sites for hydroxylation is 3. The molecular formula is C18H31NO. The van der Waals surface area contributed by atoms with Gasteiger partial charge in [0.05, 0.1) is 6.61 Å². The minimum absolute atomic E-state index is 0.307. The minimum Gasteiger partial charge on any atom is -0.493 e. The van der Waals surface area contributed by atoms with Gasteiger partial charge in [0.15, 0.2) is 0 Å². The topological polar surface area (TPSA) is 35.2 Å². The molecule has 1 aromatic carbocycles. The lowest BCUT2D eigenvalue weighted by atomic mass is 9.78. The Morgan fingerprint density at radius 3 is 2.15 bits per heavy atom. The molecule has 0 aliphatic rings. The second-order valence-electron chi connectivity index (χ2n) is 6.07. The van der Waals surface area contributed by atoms with Crippen LogP contribution in [0.1, 0.15) is 56.2 Å². The van der Waals surface area contributed by atoms with Crippen molar-refractivity contribution in [1.82, 2.24) is 0 Å². The number of ether oxygens (including phenoxy) is 1. The molecule has 0 bridgehead atoms. The Labute approximate surface area is 124 Å². The van der Waals surface area contributed by atoms with Crippen LogP contribution in [0.25, 0.3) is 0 Å². The van der Waals surface area contributed by atoms with Crippen molar-refractivity contribution >= 4 is 0 Å². The highest BCUT2D eigenvalue weighted by Crippen LogP contribution is 2.31.